The zero-order valence-electron chi connectivity index (χ0n) is 19.4. The summed E-state index contributed by atoms with van der Waals surface area (Å²) in [5, 5.41) is 0. The molecule has 0 aliphatic carbocycles. The average molecular weight is 451 g/mol. The molecule has 0 heterocycles. The fourth-order valence-corrected chi connectivity index (χ4v) is 5.01. The highest BCUT2D eigenvalue weighted by atomic mass is 16.1. The molecule has 0 saturated carbocycles. The standard InChI is InChI=1S/C34H26O/c35-26-25-33(27-13-5-1-6-14-27)28-21-23-32(24-22-28)34(29-15-7-2-8-16-29,30-17-9-3-10-18-30)31-19-11-4-12-20-31/h1-26H/b33-25+. The average Bonchev–Trinajstić information content (AvgIpc) is 2.95. The topological polar surface area (TPSA) is 17.1 Å². The lowest BCUT2D eigenvalue weighted by atomic mass is 9.65. The van der Waals surface area contributed by atoms with Gasteiger partial charge in [-0.25, -0.2) is 0 Å². The molecule has 0 aliphatic rings. The molecule has 0 radical (unpaired) electrons. The molecule has 5 aromatic carbocycles. The van der Waals surface area contributed by atoms with E-state index in [1.165, 1.54) is 22.3 Å². The number of hydrogen-bond acceptors (Lipinski definition) is 1. The van der Waals surface area contributed by atoms with Crippen LogP contribution < -0.4 is 0 Å². The second-order valence-electron chi connectivity index (χ2n) is 8.51. The van der Waals surface area contributed by atoms with Gasteiger partial charge in [0.05, 0.1) is 5.41 Å². The van der Waals surface area contributed by atoms with Crippen molar-refractivity contribution < 1.29 is 4.79 Å². The predicted molar refractivity (Wildman–Crippen MR) is 144 cm³/mol. The van der Waals surface area contributed by atoms with Gasteiger partial charge < -0.3 is 0 Å². The van der Waals surface area contributed by atoms with E-state index in [9.17, 15) is 4.79 Å². The maximum Gasteiger partial charge on any atom is 0.143 e. The van der Waals surface area contributed by atoms with E-state index in [0.29, 0.717) is 0 Å². The van der Waals surface area contributed by atoms with Gasteiger partial charge in [-0.05, 0) is 45.0 Å². The number of rotatable bonds is 7. The maximum absolute atomic E-state index is 11.5. The number of carbonyl (C=O) groups is 1. The molecule has 1 nitrogen and oxygen atoms in total. The van der Waals surface area contributed by atoms with Crippen LogP contribution in [0.1, 0.15) is 33.4 Å². The summed E-state index contributed by atoms with van der Waals surface area (Å²) in [4.78, 5) is 11.5. The highest BCUT2D eigenvalue weighted by Gasteiger charge is 2.38. The van der Waals surface area contributed by atoms with Crippen LogP contribution >= 0.6 is 0 Å². The molecule has 0 aromatic heterocycles. The Balaban J connectivity index is 1.74. The van der Waals surface area contributed by atoms with E-state index in [2.05, 4.69) is 115 Å². The number of aldehydes is 1. The molecule has 1 heteroatoms. The highest BCUT2D eigenvalue weighted by molar-refractivity contribution is 5.89. The molecule has 0 bridgehead atoms. The van der Waals surface area contributed by atoms with Crippen molar-refractivity contribution in [3.8, 4) is 0 Å². The molecule has 0 fully saturated rings. The number of allylic oxidation sites excluding steroid dienone is 1. The summed E-state index contributed by atoms with van der Waals surface area (Å²) in [5.74, 6) is 0. The molecule has 0 amide bonds. The van der Waals surface area contributed by atoms with E-state index < -0.39 is 5.41 Å². The summed E-state index contributed by atoms with van der Waals surface area (Å²) in [5.41, 5.74) is 7.25. The second kappa shape index (κ2) is 10.2. The Kier molecular flexibility index (Phi) is 6.50. The van der Waals surface area contributed by atoms with Gasteiger partial charge in [0.15, 0.2) is 0 Å². The molecule has 0 N–H and O–H groups in total. The van der Waals surface area contributed by atoms with Crippen molar-refractivity contribution in [1.82, 2.24) is 0 Å². The lowest BCUT2D eigenvalue weighted by molar-refractivity contribution is -0.104. The van der Waals surface area contributed by atoms with E-state index >= 15 is 0 Å². The largest absolute Gasteiger partial charge is 0.299 e. The van der Waals surface area contributed by atoms with E-state index in [1.54, 1.807) is 6.08 Å². The minimum Gasteiger partial charge on any atom is -0.299 e. The van der Waals surface area contributed by atoms with Crippen LogP contribution in [0, 0.1) is 0 Å². The van der Waals surface area contributed by atoms with Gasteiger partial charge in [-0.1, -0.05) is 146 Å². The van der Waals surface area contributed by atoms with Crippen LogP contribution in [0.3, 0.4) is 0 Å². The van der Waals surface area contributed by atoms with Crippen LogP contribution in [0.4, 0.5) is 0 Å². The fraction of sp³-hybridized carbons (Fsp3) is 0.0294. The smallest absolute Gasteiger partial charge is 0.143 e. The van der Waals surface area contributed by atoms with E-state index in [0.717, 1.165) is 23.0 Å². The van der Waals surface area contributed by atoms with E-state index in [4.69, 9.17) is 0 Å². The minimum absolute atomic E-state index is 0.483. The van der Waals surface area contributed by atoms with Crippen LogP contribution in [0.2, 0.25) is 0 Å². The van der Waals surface area contributed by atoms with E-state index in [1.807, 2.05) is 30.3 Å². The number of carbonyl (C=O) groups excluding carboxylic acids is 1. The lowest BCUT2D eigenvalue weighted by Crippen LogP contribution is -2.30. The van der Waals surface area contributed by atoms with Gasteiger partial charge in [-0.15, -0.1) is 0 Å². The third-order valence-corrected chi connectivity index (χ3v) is 6.57. The third-order valence-electron chi connectivity index (χ3n) is 6.57. The van der Waals surface area contributed by atoms with Crippen LogP contribution in [0.5, 0.6) is 0 Å². The normalized spacial score (nSPS) is 11.7. The molecule has 0 saturated heterocycles. The van der Waals surface area contributed by atoms with Gasteiger partial charge in [0, 0.05) is 0 Å². The molecule has 168 valence electrons. The quantitative estimate of drug-likeness (QED) is 0.141. The van der Waals surface area contributed by atoms with Gasteiger partial charge in [0.25, 0.3) is 0 Å². The summed E-state index contributed by atoms with van der Waals surface area (Å²) in [6.07, 6.45) is 2.50. The summed E-state index contributed by atoms with van der Waals surface area (Å²) in [7, 11) is 0. The van der Waals surface area contributed by atoms with Crippen molar-refractivity contribution in [3.63, 3.8) is 0 Å². The van der Waals surface area contributed by atoms with Gasteiger partial charge in [-0.3, -0.25) is 4.79 Å². The summed E-state index contributed by atoms with van der Waals surface area (Å²) in [6.45, 7) is 0. The van der Waals surface area contributed by atoms with Crippen LogP contribution in [-0.2, 0) is 10.2 Å². The van der Waals surface area contributed by atoms with Crippen molar-refractivity contribution >= 4 is 11.9 Å². The molecule has 5 aromatic rings. The van der Waals surface area contributed by atoms with Crippen LogP contribution in [0.15, 0.2) is 152 Å². The van der Waals surface area contributed by atoms with Gasteiger partial charge >= 0.3 is 0 Å². The lowest BCUT2D eigenvalue weighted by Gasteiger charge is -2.37. The molecule has 0 unspecified atom stereocenters. The Hall–Kier alpha value is -4.49. The Labute approximate surface area is 207 Å². The first-order valence-corrected chi connectivity index (χ1v) is 11.8. The first-order valence-electron chi connectivity index (χ1n) is 11.8. The zero-order valence-corrected chi connectivity index (χ0v) is 19.4. The van der Waals surface area contributed by atoms with Crippen molar-refractivity contribution in [2.24, 2.45) is 0 Å². The molecule has 5 rings (SSSR count). The van der Waals surface area contributed by atoms with Crippen LogP contribution in [0.25, 0.3) is 5.57 Å². The zero-order chi connectivity index (χ0) is 23.9. The molecular formula is C34H26O. The first-order chi connectivity index (χ1) is 17.3. The second-order valence-corrected chi connectivity index (χ2v) is 8.51. The van der Waals surface area contributed by atoms with Crippen molar-refractivity contribution in [1.29, 1.82) is 0 Å². The van der Waals surface area contributed by atoms with Gasteiger partial charge in [-0.2, -0.15) is 0 Å². The van der Waals surface area contributed by atoms with Gasteiger partial charge in [0.2, 0.25) is 0 Å². The maximum atomic E-state index is 11.5. The minimum atomic E-state index is -0.483. The molecule has 35 heavy (non-hydrogen) atoms. The molecule has 0 aliphatic heterocycles. The summed E-state index contributed by atoms with van der Waals surface area (Å²) in [6, 6.07) is 50.7. The fourth-order valence-electron chi connectivity index (χ4n) is 5.01. The van der Waals surface area contributed by atoms with Gasteiger partial charge in [0.1, 0.15) is 6.29 Å². The van der Waals surface area contributed by atoms with Crippen molar-refractivity contribution in [3.05, 3.63) is 185 Å². The Bertz CT molecular complexity index is 1310. The molecule has 0 atom stereocenters. The number of hydrogen-bond donors (Lipinski definition) is 0. The molecular weight excluding hydrogens is 424 g/mol. The summed E-state index contributed by atoms with van der Waals surface area (Å²) >= 11 is 0. The Morgan fingerprint density at radius 1 is 0.429 bits per heavy atom. The van der Waals surface area contributed by atoms with E-state index in [-0.39, 0.29) is 0 Å². The SMILES string of the molecule is O=C/C=C(\c1ccccc1)c1ccc(C(c2ccccc2)(c2ccccc2)c2ccccc2)cc1. The highest BCUT2D eigenvalue weighted by Crippen LogP contribution is 2.45. The third kappa shape index (κ3) is 4.25. The number of benzene rings is 5. The molecule has 0 spiro atoms. The van der Waals surface area contributed by atoms with Crippen molar-refractivity contribution in [2.45, 2.75) is 5.41 Å². The Morgan fingerprint density at radius 3 is 1.17 bits per heavy atom. The van der Waals surface area contributed by atoms with Crippen LogP contribution in [-0.4, -0.2) is 6.29 Å². The Morgan fingerprint density at radius 2 is 0.771 bits per heavy atom. The summed E-state index contributed by atoms with van der Waals surface area (Å²) < 4.78 is 0. The predicted octanol–water partition coefficient (Wildman–Crippen LogP) is 7.70. The monoisotopic (exact) mass is 450 g/mol. The van der Waals surface area contributed by atoms with Crippen molar-refractivity contribution in [2.75, 3.05) is 0 Å². The first kappa shape index (κ1) is 22.3.